The van der Waals surface area contributed by atoms with Gasteiger partial charge in [0.2, 0.25) is 0 Å². The number of benzene rings is 1. The molecular formula is C16H19FN4O. The van der Waals surface area contributed by atoms with Crippen LogP contribution >= 0.6 is 0 Å². The quantitative estimate of drug-likeness (QED) is 0.808. The number of amides is 1. The second-order valence-electron chi connectivity index (χ2n) is 5.59. The molecule has 2 heterocycles. The third kappa shape index (κ3) is 3.33. The Balaban J connectivity index is 1.68. The maximum Gasteiger partial charge on any atom is 0.255 e. The standard InChI is InChI=1S/C16H19FN4O/c17-13-5-3-12(4-6-13)15-14(10-20-21-15)16(22)19-9-11-2-1-7-18-8-11/h3-6,10-11,18H,1-2,7-9H2,(H,19,22)(H,20,21). The highest BCUT2D eigenvalue weighted by molar-refractivity contribution is 5.99. The monoisotopic (exact) mass is 302 g/mol. The van der Waals surface area contributed by atoms with E-state index in [2.05, 4.69) is 20.8 Å². The molecule has 1 amide bonds. The van der Waals surface area contributed by atoms with E-state index in [0.717, 1.165) is 31.5 Å². The van der Waals surface area contributed by atoms with E-state index in [1.165, 1.54) is 18.3 Å². The summed E-state index contributed by atoms with van der Waals surface area (Å²) in [5.41, 5.74) is 1.83. The fourth-order valence-electron chi connectivity index (χ4n) is 2.73. The first kappa shape index (κ1) is 14.7. The fourth-order valence-corrected chi connectivity index (χ4v) is 2.73. The van der Waals surface area contributed by atoms with Crippen LogP contribution in [-0.2, 0) is 0 Å². The van der Waals surface area contributed by atoms with Crippen LogP contribution in [0, 0.1) is 11.7 Å². The minimum absolute atomic E-state index is 0.154. The zero-order chi connectivity index (χ0) is 15.4. The van der Waals surface area contributed by atoms with Gasteiger partial charge in [-0.05, 0) is 56.1 Å². The Bertz CT molecular complexity index is 632. The number of hydrogen-bond donors (Lipinski definition) is 3. The molecule has 1 aliphatic rings. The van der Waals surface area contributed by atoms with Crippen molar-refractivity contribution in [2.45, 2.75) is 12.8 Å². The van der Waals surface area contributed by atoms with Crippen molar-refractivity contribution in [3.63, 3.8) is 0 Å². The molecule has 1 aromatic heterocycles. The number of aromatic amines is 1. The van der Waals surface area contributed by atoms with Crippen molar-refractivity contribution in [2.75, 3.05) is 19.6 Å². The molecule has 22 heavy (non-hydrogen) atoms. The molecule has 3 rings (SSSR count). The van der Waals surface area contributed by atoms with Gasteiger partial charge in [0.05, 0.1) is 17.5 Å². The van der Waals surface area contributed by atoms with Crippen LogP contribution in [-0.4, -0.2) is 35.7 Å². The molecule has 1 aliphatic heterocycles. The highest BCUT2D eigenvalue weighted by Crippen LogP contribution is 2.21. The molecule has 1 aromatic carbocycles. The number of hydrogen-bond acceptors (Lipinski definition) is 3. The molecule has 5 nitrogen and oxygen atoms in total. The lowest BCUT2D eigenvalue weighted by atomic mass is 9.99. The molecule has 0 aliphatic carbocycles. The summed E-state index contributed by atoms with van der Waals surface area (Å²) < 4.78 is 13.0. The Hall–Kier alpha value is -2.21. The lowest BCUT2D eigenvalue weighted by molar-refractivity contribution is 0.0945. The van der Waals surface area contributed by atoms with Gasteiger partial charge in [-0.25, -0.2) is 4.39 Å². The van der Waals surface area contributed by atoms with Crippen LogP contribution in [0.25, 0.3) is 11.3 Å². The molecule has 0 saturated carbocycles. The van der Waals surface area contributed by atoms with Crippen LogP contribution in [0.4, 0.5) is 4.39 Å². The number of piperidine rings is 1. The summed E-state index contributed by atoms with van der Waals surface area (Å²) in [6.07, 6.45) is 3.78. The fraction of sp³-hybridized carbons (Fsp3) is 0.375. The van der Waals surface area contributed by atoms with Gasteiger partial charge in [0.1, 0.15) is 5.82 Å². The molecular weight excluding hydrogens is 283 g/mol. The van der Waals surface area contributed by atoms with E-state index in [9.17, 15) is 9.18 Å². The van der Waals surface area contributed by atoms with E-state index in [4.69, 9.17) is 0 Å². The first-order chi connectivity index (χ1) is 10.7. The predicted molar refractivity (Wildman–Crippen MR) is 81.9 cm³/mol. The van der Waals surface area contributed by atoms with Crippen LogP contribution in [0.5, 0.6) is 0 Å². The SMILES string of the molecule is O=C(NCC1CCCNC1)c1cn[nH]c1-c1ccc(F)cc1. The van der Waals surface area contributed by atoms with Crippen LogP contribution in [0.2, 0.25) is 0 Å². The van der Waals surface area contributed by atoms with Gasteiger partial charge in [0, 0.05) is 12.1 Å². The first-order valence-corrected chi connectivity index (χ1v) is 7.52. The van der Waals surface area contributed by atoms with Gasteiger partial charge in [-0.3, -0.25) is 9.89 Å². The van der Waals surface area contributed by atoms with E-state index in [1.807, 2.05) is 0 Å². The highest BCUT2D eigenvalue weighted by Gasteiger charge is 2.18. The van der Waals surface area contributed by atoms with Crippen LogP contribution in [0.1, 0.15) is 23.2 Å². The van der Waals surface area contributed by atoms with Crippen molar-refractivity contribution in [1.29, 1.82) is 0 Å². The Labute approximate surface area is 128 Å². The van der Waals surface area contributed by atoms with Crippen LogP contribution < -0.4 is 10.6 Å². The summed E-state index contributed by atoms with van der Waals surface area (Å²) in [5, 5.41) is 13.1. The number of nitrogens with one attached hydrogen (secondary N) is 3. The number of halogens is 1. The smallest absolute Gasteiger partial charge is 0.255 e. The number of H-pyrrole nitrogens is 1. The lowest BCUT2D eigenvalue weighted by Crippen LogP contribution is -2.38. The summed E-state index contributed by atoms with van der Waals surface area (Å²) >= 11 is 0. The van der Waals surface area contributed by atoms with Crippen molar-refractivity contribution in [1.82, 2.24) is 20.8 Å². The molecule has 116 valence electrons. The molecule has 1 unspecified atom stereocenters. The maximum absolute atomic E-state index is 13.0. The number of carbonyl (C=O) groups is 1. The molecule has 6 heteroatoms. The van der Waals surface area contributed by atoms with Crippen LogP contribution in [0.15, 0.2) is 30.5 Å². The van der Waals surface area contributed by atoms with E-state index in [-0.39, 0.29) is 11.7 Å². The van der Waals surface area contributed by atoms with Gasteiger partial charge in [0.15, 0.2) is 0 Å². The largest absolute Gasteiger partial charge is 0.352 e. The second kappa shape index (κ2) is 6.70. The minimum Gasteiger partial charge on any atom is -0.352 e. The van der Waals surface area contributed by atoms with Crippen molar-refractivity contribution in [3.05, 3.63) is 41.8 Å². The number of aromatic nitrogens is 2. The topological polar surface area (TPSA) is 69.8 Å². The Kier molecular flexibility index (Phi) is 4.48. The molecule has 1 atom stereocenters. The first-order valence-electron chi connectivity index (χ1n) is 7.52. The van der Waals surface area contributed by atoms with Gasteiger partial charge in [-0.2, -0.15) is 5.10 Å². The third-order valence-electron chi connectivity index (χ3n) is 3.97. The third-order valence-corrected chi connectivity index (χ3v) is 3.97. The molecule has 0 radical (unpaired) electrons. The zero-order valence-corrected chi connectivity index (χ0v) is 12.2. The number of nitrogens with zero attached hydrogens (tertiary/aromatic N) is 1. The molecule has 3 N–H and O–H groups in total. The summed E-state index contributed by atoms with van der Waals surface area (Å²) in [4.78, 5) is 12.3. The minimum atomic E-state index is -0.306. The molecule has 1 fully saturated rings. The Morgan fingerprint density at radius 3 is 2.91 bits per heavy atom. The van der Waals surface area contributed by atoms with Gasteiger partial charge in [-0.1, -0.05) is 0 Å². The van der Waals surface area contributed by atoms with Crippen molar-refractivity contribution < 1.29 is 9.18 Å². The van der Waals surface area contributed by atoms with Gasteiger partial charge in [-0.15, -0.1) is 0 Å². The lowest BCUT2D eigenvalue weighted by Gasteiger charge is -2.22. The van der Waals surface area contributed by atoms with Gasteiger partial charge in [0.25, 0.3) is 5.91 Å². The second-order valence-corrected chi connectivity index (χ2v) is 5.59. The van der Waals surface area contributed by atoms with E-state index in [0.29, 0.717) is 23.7 Å². The Morgan fingerprint density at radius 1 is 1.36 bits per heavy atom. The number of carbonyl (C=O) groups excluding carboxylic acids is 1. The summed E-state index contributed by atoms with van der Waals surface area (Å²) in [6, 6.07) is 5.99. The van der Waals surface area contributed by atoms with Crippen molar-refractivity contribution in [3.8, 4) is 11.3 Å². The van der Waals surface area contributed by atoms with E-state index in [1.54, 1.807) is 12.1 Å². The van der Waals surface area contributed by atoms with Crippen molar-refractivity contribution in [2.24, 2.45) is 5.92 Å². The predicted octanol–water partition coefficient (Wildman–Crippen LogP) is 1.95. The summed E-state index contributed by atoms with van der Waals surface area (Å²) in [6.45, 7) is 2.65. The number of rotatable bonds is 4. The van der Waals surface area contributed by atoms with Crippen molar-refractivity contribution >= 4 is 5.91 Å². The maximum atomic E-state index is 13.0. The highest BCUT2D eigenvalue weighted by atomic mass is 19.1. The summed E-state index contributed by atoms with van der Waals surface area (Å²) in [7, 11) is 0. The average Bonchev–Trinajstić information content (AvgIpc) is 3.04. The zero-order valence-electron chi connectivity index (χ0n) is 12.2. The van der Waals surface area contributed by atoms with Gasteiger partial charge < -0.3 is 10.6 Å². The molecule has 1 saturated heterocycles. The average molecular weight is 302 g/mol. The van der Waals surface area contributed by atoms with E-state index >= 15 is 0 Å². The normalized spacial score (nSPS) is 18.1. The molecule has 0 bridgehead atoms. The molecule has 2 aromatic rings. The molecule has 0 spiro atoms. The van der Waals surface area contributed by atoms with Crippen LogP contribution in [0.3, 0.4) is 0 Å². The van der Waals surface area contributed by atoms with E-state index < -0.39 is 0 Å². The van der Waals surface area contributed by atoms with Gasteiger partial charge >= 0.3 is 0 Å². The Morgan fingerprint density at radius 2 is 2.18 bits per heavy atom. The summed E-state index contributed by atoms with van der Waals surface area (Å²) in [5.74, 6) is 0.0107.